The minimum Gasteiger partial charge on any atom is -0.480 e. The van der Waals surface area contributed by atoms with Crippen LogP contribution in [-0.4, -0.2) is 225 Å². The van der Waals surface area contributed by atoms with Gasteiger partial charge >= 0.3 is 23.9 Å². The molecule has 88 heavy (non-hydrogen) atoms. The molecule has 0 aromatic rings. The molecule has 0 aromatic carbocycles. The van der Waals surface area contributed by atoms with E-state index in [1.165, 1.54) is 0 Å². The van der Waals surface area contributed by atoms with Crippen LogP contribution in [0.4, 0.5) is 0 Å². The normalized spacial score (nSPS) is 12.1. The van der Waals surface area contributed by atoms with Crippen molar-refractivity contribution >= 4 is 59.3 Å². The van der Waals surface area contributed by atoms with Crippen molar-refractivity contribution in [2.45, 2.75) is 193 Å². The molecule has 6 amide bonds. The van der Waals surface area contributed by atoms with Crippen molar-refractivity contribution in [3.05, 3.63) is 0 Å². The van der Waals surface area contributed by atoms with Crippen molar-refractivity contribution in [2.75, 3.05) is 132 Å². The van der Waals surface area contributed by atoms with Crippen LogP contribution >= 0.6 is 0 Å². The van der Waals surface area contributed by atoms with Crippen LogP contribution in [0.1, 0.15) is 170 Å². The summed E-state index contributed by atoms with van der Waals surface area (Å²) in [7, 11) is 0. The fourth-order valence-corrected chi connectivity index (χ4v) is 7.88. The Bertz CT molecular complexity index is 1800. The Kier molecular flexibility index (Phi) is 50.9. The van der Waals surface area contributed by atoms with Gasteiger partial charge in [-0.2, -0.15) is 0 Å². The van der Waals surface area contributed by atoms with Crippen LogP contribution in [0.2, 0.25) is 0 Å². The molecule has 0 saturated heterocycles. The molecule has 0 aliphatic heterocycles. The highest BCUT2D eigenvalue weighted by atomic mass is 16.6. The van der Waals surface area contributed by atoms with Gasteiger partial charge in [-0.3, -0.25) is 28.8 Å². The van der Waals surface area contributed by atoms with E-state index >= 15 is 0 Å². The Morgan fingerprint density at radius 2 is 0.557 bits per heavy atom. The molecule has 2 atom stereocenters. The molecule has 0 heterocycles. The number of hydrogen-bond donors (Lipinski definition) is 8. The molecular weight excluding hydrogens is 1160 g/mol. The minimum atomic E-state index is -1.06. The number of aliphatic carboxylic acids is 2. The molecule has 0 saturated carbocycles. The van der Waals surface area contributed by atoms with E-state index in [2.05, 4.69) is 31.9 Å². The molecule has 0 spiro atoms. The van der Waals surface area contributed by atoms with Crippen molar-refractivity contribution < 1.29 is 106 Å². The zero-order valence-electron chi connectivity index (χ0n) is 53.5. The molecule has 28 heteroatoms. The highest BCUT2D eigenvalue weighted by molar-refractivity contribution is 5.86. The van der Waals surface area contributed by atoms with E-state index in [9.17, 15) is 47.9 Å². The number of carboxylic acid groups (broad SMARTS) is 2. The molecule has 0 aliphatic rings. The maximum atomic E-state index is 13.0. The SMILES string of the molecule is CC(C)(C)OC(=O)[C@H](CCC(=O)NCCOCCOCC(=O)NCCOCCOCC(=O)O)NC(=O)CCCCCCCCCCCCCCCCC(=O)N[C@@H](CCC(=O)NCCOCCOCC(=O)NCCOCCOCC(=O)O)C(=O)OC(C)(C)C. The van der Waals surface area contributed by atoms with Gasteiger partial charge in [-0.1, -0.05) is 77.0 Å². The van der Waals surface area contributed by atoms with Gasteiger partial charge in [0.2, 0.25) is 35.4 Å². The van der Waals surface area contributed by atoms with Crippen LogP contribution in [0.25, 0.3) is 0 Å². The highest BCUT2D eigenvalue weighted by Crippen LogP contribution is 2.16. The quantitative estimate of drug-likeness (QED) is 0.0320. The van der Waals surface area contributed by atoms with Gasteiger partial charge in [0.25, 0.3) is 0 Å². The van der Waals surface area contributed by atoms with Gasteiger partial charge < -0.3 is 89.5 Å². The van der Waals surface area contributed by atoms with Crippen molar-refractivity contribution in [2.24, 2.45) is 0 Å². The van der Waals surface area contributed by atoms with Crippen LogP contribution in [0, 0.1) is 0 Å². The third-order valence-electron chi connectivity index (χ3n) is 12.1. The van der Waals surface area contributed by atoms with Crippen molar-refractivity contribution in [3.63, 3.8) is 0 Å². The summed E-state index contributed by atoms with van der Waals surface area (Å²) in [4.78, 5) is 121. The third kappa shape index (κ3) is 58.1. The number of ether oxygens (including phenoxy) is 10. The lowest BCUT2D eigenvalue weighted by Gasteiger charge is -2.24. The molecule has 28 nitrogen and oxygen atoms in total. The molecule has 0 aliphatic carbocycles. The number of carbonyl (C=O) groups excluding carboxylic acids is 8. The van der Waals surface area contributed by atoms with Gasteiger partial charge in [0.15, 0.2) is 0 Å². The first-order valence-corrected chi connectivity index (χ1v) is 31.1. The largest absolute Gasteiger partial charge is 0.480 e. The molecule has 0 fully saturated rings. The third-order valence-corrected chi connectivity index (χ3v) is 12.1. The maximum Gasteiger partial charge on any atom is 0.329 e. The van der Waals surface area contributed by atoms with E-state index in [1.54, 1.807) is 41.5 Å². The Labute approximate surface area is 520 Å². The molecular formula is C60H108N6O22. The fourth-order valence-electron chi connectivity index (χ4n) is 7.88. The monoisotopic (exact) mass is 1260 g/mol. The number of nitrogens with one attached hydrogen (secondary N) is 6. The van der Waals surface area contributed by atoms with Gasteiger partial charge in [0, 0.05) is 51.9 Å². The molecule has 0 bridgehead atoms. The Balaban J connectivity index is 4.17. The number of amides is 6. The summed E-state index contributed by atoms with van der Waals surface area (Å²) in [6, 6.07) is -1.95. The van der Waals surface area contributed by atoms with Gasteiger partial charge in [-0.05, 0) is 67.2 Å². The second kappa shape index (κ2) is 54.3. The number of unbranched alkanes of at least 4 members (excludes halogenated alkanes) is 13. The van der Waals surface area contributed by atoms with E-state index in [4.69, 9.17) is 57.6 Å². The molecule has 510 valence electrons. The Morgan fingerprint density at radius 3 is 0.830 bits per heavy atom. The Hall–Kier alpha value is -5.62. The predicted octanol–water partition coefficient (Wildman–Crippen LogP) is 3.21. The first-order valence-electron chi connectivity index (χ1n) is 31.1. The second-order valence-corrected chi connectivity index (χ2v) is 22.7. The van der Waals surface area contributed by atoms with E-state index in [-0.39, 0.29) is 193 Å². The minimum absolute atomic E-state index is 0.0159. The number of carbonyl (C=O) groups is 10. The summed E-state index contributed by atoms with van der Waals surface area (Å²) in [5.74, 6) is -5.16. The van der Waals surface area contributed by atoms with Gasteiger partial charge in [-0.15, -0.1) is 0 Å². The molecule has 8 N–H and O–H groups in total. The number of esters is 2. The van der Waals surface area contributed by atoms with E-state index in [0.717, 1.165) is 77.0 Å². The molecule has 0 aromatic heterocycles. The average molecular weight is 1270 g/mol. The van der Waals surface area contributed by atoms with E-state index in [1.807, 2.05) is 0 Å². The topological polar surface area (TPSA) is 376 Å². The van der Waals surface area contributed by atoms with Crippen molar-refractivity contribution in [3.8, 4) is 0 Å². The summed E-state index contributed by atoms with van der Waals surface area (Å²) in [6.07, 6.45) is 14.8. The standard InChI is InChI=1S/C60H108N6O22/c1-59(2,3)87-57(77)47(23-25-49(67)61-27-31-79-35-39-83-43-53(71)63-29-33-81-37-41-85-45-55(73)74)65-51(69)21-19-17-15-13-11-9-7-8-10-12-14-16-18-20-22-52(70)66-48(58(78)88-60(4,5)6)24-26-50(68)62-28-32-80-36-40-84-44-54(72)64-30-34-82-38-42-86-46-56(75)76/h47-48H,7-46H2,1-6H3,(H,61,67)(H,62,68)(H,63,71)(H,64,72)(H,65,69)(H,66,70)(H,73,74)(H,75,76)/t47-,48-/m0/s1. The van der Waals surface area contributed by atoms with Crippen LogP contribution in [0.5, 0.6) is 0 Å². The van der Waals surface area contributed by atoms with Crippen molar-refractivity contribution in [1.29, 1.82) is 0 Å². The second-order valence-electron chi connectivity index (χ2n) is 22.7. The molecule has 0 rings (SSSR count). The first-order chi connectivity index (χ1) is 42.0. The smallest absolute Gasteiger partial charge is 0.329 e. The summed E-state index contributed by atoms with van der Waals surface area (Å²) in [6.45, 7) is 12.5. The molecule has 0 radical (unpaired) electrons. The number of carboxylic acids is 2. The summed E-state index contributed by atoms with van der Waals surface area (Å²) >= 11 is 0. The zero-order valence-corrected chi connectivity index (χ0v) is 53.5. The van der Waals surface area contributed by atoms with Gasteiger partial charge in [-0.25, -0.2) is 19.2 Å². The lowest BCUT2D eigenvalue weighted by molar-refractivity contribution is -0.159. The first kappa shape index (κ1) is 82.4. The van der Waals surface area contributed by atoms with Crippen molar-refractivity contribution in [1.82, 2.24) is 31.9 Å². The van der Waals surface area contributed by atoms with E-state index < -0.39 is 60.4 Å². The summed E-state index contributed by atoms with van der Waals surface area (Å²) < 4.78 is 52.7. The lowest BCUT2D eigenvalue weighted by Crippen LogP contribution is -2.44. The Morgan fingerprint density at radius 1 is 0.307 bits per heavy atom. The summed E-state index contributed by atoms with van der Waals surface area (Å²) in [5.41, 5.74) is -1.55. The predicted molar refractivity (Wildman–Crippen MR) is 322 cm³/mol. The maximum absolute atomic E-state index is 13.0. The van der Waals surface area contributed by atoms with Gasteiger partial charge in [0.05, 0.1) is 79.3 Å². The zero-order chi connectivity index (χ0) is 65.5. The van der Waals surface area contributed by atoms with Crippen LogP contribution < -0.4 is 31.9 Å². The fraction of sp³-hybridized carbons (Fsp3) is 0.833. The average Bonchev–Trinajstić information content (AvgIpc) is 2.84. The van der Waals surface area contributed by atoms with Crippen LogP contribution in [0.3, 0.4) is 0 Å². The van der Waals surface area contributed by atoms with Crippen LogP contribution in [0.15, 0.2) is 0 Å². The number of hydrogen-bond acceptors (Lipinski definition) is 20. The highest BCUT2D eigenvalue weighted by Gasteiger charge is 2.29. The molecule has 0 unspecified atom stereocenters. The lowest BCUT2D eigenvalue weighted by atomic mass is 10.0. The van der Waals surface area contributed by atoms with Gasteiger partial charge in [0.1, 0.15) is 49.7 Å². The van der Waals surface area contributed by atoms with Crippen LogP contribution in [-0.2, 0) is 95.3 Å². The van der Waals surface area contributed by atoms with E-state index in [0.29, 0.717) is 12.8 Å². The summed E-state index contributed by atoms with van der Waals surface area (Å²) in [5, 5.41) is 33.3. The number of rotatable bonds is 59.